The Labute approximate surface area is 144 Å². The van der Waals surface area contributed by atoms with Gasteiger partial charge in [0, 0.05) is 30.6 Å². The number of rotatable bonds is 3. The van der Waals surface area contributed by atoms with Crippen LogP contribution in [0.3, 0.4) is 0 Å². The number of hydrogen-bond donors (Lipinski definition) is 2. The molecule has 2 bridgehead atoms. The van der Waals surface area contributed by atoms with Crippen LogP contribution in [0.15, 0.2) is 0 Å². The molecule has 0 aromatic carbocycles. The molecule has 5 aliphatic rings. The number of fused-ring (bicyclic) bond motifs is 2. The van der Waals surface area contributed by atoms with Gasteiger partial charge in [0.2, 0.25) is 5.79 Å². The fraction of sp³-hybridized carbons (Fsp3) is 1.00. The van der Waals surface area contributed by atoms with Crippen LogP contribution in [0, 0.1) is 23.7 Å². The molecule has 4 aliphatic heterocycles. The normalized spacial score (nSPS) is 55.3. The summed E-state index contributed by atoms with van der Waals surface area (Å²) in [5.41, 5.74) is -0.452. The quantitative estimate of drug-likeness (QED) is 0.609. The fourth-order valence-corrected chi connectivity index (χ4v) is 5.47. The van der Waals surface area contributed by atoms with Gasteiger partial charge < -0.3 is 9.47 Å². The second kappa shape index (κ2) is 5.85. The summed E-state index contributed by atoms with van der Waals surface area (Å²) in [6, 6.07) is 0. The summed E-state index contributed by atoms with van der Waals surface area (Å²) in [7, 11) is 0. The molecule has 5 rings (SSSR count). The van der Waals surface area contributed by atoms with E-state index in [0.29, 0.717) is 23.7 Å². The monoisotopic (exact) mass is 343 g/mol. The molecule has 1 saturated carbocycles. The summed E-state index contributed by atoms with van der Waals surface area (Å²) in [5.74, 6) is 1.90. The molecule has 0 aromatic rings. The predicted molar refractivity (Wildman–Crippen MR) is 88.7 cm³/mol. The van der Waals surface area contributed by atoms with E-state index >= 15 is 0 Å². The van der Waals surface area contributed by atoms with E-state index in [1.807, 2.05) is 6.92 Å². The molecule has 1 aliphatic carbocycles. The van der Waals surface area contributed by atoms with E-state index in [9.17, 15) is 0 Å². The molecular formula is C17H29NO4S. The third-order valence-corrected chi connectivity index (χ3v) is 6.84. The van der Waals surface area contributed by atoms with Crippen molar-refractivity contribution in [3.8, 4) is 0 Å². The third kappa shape index (κ3) is 2.41. The van der Waals surface area contributed by atoms with Crippen LogP contribution < -0.4 is 5.32 Å². The highest BCUT2D eigenvalue weighted by Crippen LogP contribution is 2.60. The Morgan fingerprint density at radius 1 is 1.13 bits per heavy atom. The Bertz CT molecular complexity index is 466. The Hall–Kier alpha value is 0.150. The zero-order chi connectivity index (χ0) is 16.2. The van der Waals surface area contributed by atoms with Gasteiger partial charge in [-0.3, -0.25) is 5.32 Å². The maximum Gasteiger partial charge on any atom is 0.201 e. The number of ether oxygens (including phenoxy) is 2. The van der Waals surface area contributed by atoms with Crippen molar-refractivity contribution in [3.05, 3.63) is 0 Å². The largest absolute Gasteiger partial charge is 0.331 e. The van der Waals surface area contributed by atoms with Crippen molar-refractivity contribution in [3.63, 3.8) is 0 Å². The average molecular weight is 343 g/mol. The minimum absolute atomic E-state index is 0.0108. The van der Waals surface area contributed by atoms with Crippen molar-refractivity contribution in [1.82, 2.24) is 5.32 Å². The van der Waals surface area contributed by atoms with Gasteiger partial charge in [0.25, 0.3) is 0 Å². The third-order valence-electron chi connectivity index (χ3n) is 6.62. The first-order chi connectivity index (χ1) is 11.0. The molecule has 6 heteroatoms. The average Bonchev–Trinajstić information content (AvgIpc) is 2.76. The molecule has 0 radical (unpaired) electrons. The lowest BCUT2D eigenvalue weighted by Crippen LogP contribution is -2.71. The minimum Gasteiger partial charge on any atom is -0.331 e. The molecule has 4 saturated heterocycles. The van der Waals surface area contributed by atoms with Gasteiger partial charge in [-0.1, -0.05) is 13.8 Å². The molecule has 23 heavy (non-hydrogen) atoms. The van der Waals surface area contributed by atoms with Crippen molar-refractivity contribution >= 4 is 12.6 Å². The second-order valence-electron chi connectivity index (χ2n) is 8.00. The number of hydrogen-bond acceptors (Lipinski definition) is 6. The van der Waals surface area contributed by atoms with Gasteiger partial charge in [-0.05, 0) is 38.0 Å². The summed E-state index contributed by atoms with van der Waals surface area (Å²) in [5, 5.41) is 3.48. The van der Waals surface area contributed by atoms with Crippen LogP contribution in [0.5, 0.6) is 0 Å². The smallest absolute Gasteiger partial charge is 0.201 e. The van der Waals surface area contributed by atoms with E-state index in [0.717, 1.165) is 31.6 Å². The lowest BCUT2D eigenvalue weighted by molar-refractivity contribution is -0.571. The molecule has 1 N–H and O–H groups in total. The molecular weight excluding hydrogens is 314 g/mol. The second-order valence-corrected chi connectivity index (χ2v) is 8.45. The molecule has 8 atom stereocenters. The standard InChI is InChI=1S/C17H29NO4S/c1-10-4-5-13-11(2)14(18-8-9-23)19-15-17(13)12(10)6-7-16(3,20-15)21-22-17/h10-15,18,23H,4-9H2,1-3H3/t10-,11-,12+,13?,14?,15-,16+,17?/m1/s1. The molecule has 0 aromatic heterocycles. The molecule has 4 heterocycles. The highest BCUT2D eigenvalue weighted by molar-refractivity contribution is 7.80. The first-order valence-corrected chi connectivity index (χ1v) is 9.68. The van der Waals surface area contributed by atoms with E-state index in [4.69, 9.17) is 19.2 Å². The van der Waals surface area contributed by atoms with Crippen LogP contribution >= 0.6 is 12.6 Å². The molecule has 3 unspecified atom stereocenters. The van der Waals surface area contributed by atoms with Crippen LogP contribution in [0.2, 0.25) is 0 Å². The lowest BCUT2D eigenvalue weighted by atomic mass is 9.58. The Balaban J connectivity index is 1.70. The van der Waals surface area contributed by atoms with E-state index < -0.39 is 11.4 Å². The van der Waals surface area contributed by atoms with Gasteiger partial charge in [-0.15, -0.1) is 0 Å². The summed E-state index contributed by atoms with van der Waals surface area (Å²) >= 11 is 4.30. The first kappa shape index (κ1) is 16.6. The summed E-state index contributed by atoms with van der Waals surface area (Å²) < 4.78 is 12.7. The van der Waals surface area contributed by atoms with Crippen LogP contribution in [-0.2, 0) is 19.2 Å². The molecule has 0 amide bonds. The summed E-state index contributed by atoms with van der Waals surface area (Å²) in [4.78, 5) is 11.9. The maximum absolute atomic E-state index is 6.39. The Kier molecular flexibility index (Phi) is 4.23. The zero-order valence-electron chi connectivity index (χ0n) is 14.3. The van der Waals surface area contributed by atoms with E-state index in [2.05, 4.69) is 31.8 Å². The summed E-state index contributed by atoms with van der Waals surface area (Å²) in [6.45, 7) is 7.40. The van der Waals surface area contributed by atoms with Crippen molar-refractivity contribution in [1.29, 1.82) is 0 Å². The van der Waals surface area contributed by atoms with Gasteiger partial charge >= 0.3 is 0 Å². The number of nitrogens with one attached hydrogen (secondary N) is 1. The predicted octanol–water partition coefficient (Wildman–Crippen LogP) is 2.71. The Morgan fingerprint density at radius 2 is 1.96 bits per heavy atom. The minimum atomic E-state index is -0.688. The SMILES string of the molecule is C[C@H]1C(NCCS)O[C@@H]2O[C@]3(C)CC[C@H]4[C@H](C)CCC1C24OO3. The highest BCUT2D eigenvalue weighted by atomic mass is 32.1. The van der Waals surface area contributed by atoms with Gasteiger partial charge in [0.05, 0.1) is 0 Å². The van der Waals surface area contributed by atoms with Crippen molar-refractivity contribution in [2.24, 2.45) is 23.7 Å². The van der Waals surface area contributed by atoms with Crippen molar-refractivity contribution in [2.75, 3.05) is 12.3 Å². The lowest BCUT2D eigenvalue weighted by Gasteiger charge is -2.60. The van der Waals surface area contributed by atoms with Crippen LogP contribution in [0.4, 0.5) is 0 Å². The molecule has 1 spiro atoms. The van der Waals surface area contributed by atoms with Crippen LogP contribution in [0.1, 0.15) is 46.5 Å². The first-order valence-electron chi connectivity index (χ1n) is 9.04. The molecule has 132 valence electrons. The Morgan fingerprint density at radius 3 is 2.74 bits per heavy atom. The van der Waals surface area contributed by atoms with Crippen LogP contribution in [-0.4, -0.2) is 36.2 Å². The van der Waals surface area contributed by atoms with Gasteiger partial charge in [-0.25, -0.2) is 9.78 Å². The van der Waals surface area contributed by atoms with Crippen molar-refractivity contribution in [2.45, 2.75) is 70.4 Å². The van der Waals surface area contributed by atoms with E-state index in [1.165, 1.54) is 6.42 Å². The highest BCUT2D eigenvalue weighted by Gasteiger charge is 2.69. The van der Waals surface area contributed by atoms with E-state index in [-0.39, 0.29) is 12.5 Å². The van der Waals surface area contributed by atoms with Gasteiger partial charge in [0.15, 0.2) is 11.9 Å². The van der Waals surface area contributed by atoms with Crippen molar-refractivity contribution < 1.29 is 19.2 Å². The fourth-order valence-electron chi connectivity index (χ4n) is 5.35. The molecule has 5 nitrogen and oxygen atoms in total. The topological polar surface area (TPSA) is 49.0 Å². The zero-order valence-corrected chi connectivity index (χ0v) is 15.2. The van der Waals surface area contributed by atoms with Crippen LogP contribution in [0.25, 0.3) is 0 Å². The number of thiol groups is 1. The molecule has 5 fully saturated rings. The van der Waals surface area contributed by atoms with Gasteiger partial charge in [0.1, 0.15) is 6.23 Å². The van der Waals surface area contributed by atoms with E-state index in [1.54, 1.807) is 0 Å². The maximum atomic E-state index is 6.39. The van der Waals surface area contributed by atoms with Gasteiger partial charge in [-0.2, -0.15) is 12.6 Å². The summed E-state index contributed by atoms with van der Waals surface area (Å²) in [6.07, 6.45) is 3.96.